The molecule has 0 radical (unpaired) electrons. The van der Waals surface area contributed by atoms with Crippen molar-refractivity contribution in [3.05, 3.63) is 64.7 Å². The first kappa shape index (κ1) is 19.9. The van der Waals surface area contributed by atoms with Crippen molar-refractivity contribution in [2.24, 2.45) is 0 Å². The topological polar surface area (TPSA) is 56.8 Å². The highest BCUT2D eigenvalue weighted by atomic mass is 16.5. The van der Waals surface area contributed by atoms with E-state index in [2.05, 4.69) is 41.7 Å². The number of methoxy groups -OCH3 is 1. The van der Waals surface area contributed by atoms with E-state index in [4.69, 9.17) is 4.74 Å². The number of hydrogen-bond acceptors (Lipinski definition) is 5. The second-order valence-corrected chi connectivity index (χ2v) is 7.99. The van der Waals surface area contributed by atoms with Crippen molar-refractivity contribution >= 4 is 5.91 Å². The number of benzene rings is 2. The maximum absolute atomic E-state index is 12.8. The molecule has 29 heavy (non-hydrogen) atoms. The van der Waals surface area contributed by atoms with Gasteiger partial charge in [-0.1, -0.05) is 18.2 Å². The second-order valence-electron chi connectivity index (χ2n) is 7.99. The number of hydrazine groups is 1. The monoisotopic (exact) mass is 394 g/mol. The summed E-state index contributed by atoms with van der Waals surface area (Å²) in [4.78, 5) is 17.3. The number of hydrogen-bond donors (Lipinski definition) is 2. The molecule has 1 amide bonds. The molecule has 0 aromatic heterocycles. The lowest BCUT2D eigenvalue weighted by Crippen LogP contribution is -2.55. The number of carbonyl (C=O) groups excluding carboxylic acids is 1. The summed E-state index contributed by atoms with van der Waals surface area (Å²) in [5, 5.41) is 0. The van der Waals surface area contributed by atoms with Crippen molar-refractivity contribution in [3.63, 3.8) is 0 Å². The second kappa shape index (κ2) is 8.53. The molecule has 2 N–H and O–H groups in total. The number of nitrogens with zero attached hydrogens (tertiary/aromatic N) is 2. The summed E-state index contributed by atoms with van der Waals surface area (Å²) in [6.07, 6.45) is 1.28. The maximum Gasteiger partial charge on any atom is 0.253 e. The smallest absolute Gasteiger partial charge is 0.253 e. The molecule has 0 spiro atoms. The molecule has 4 rings (SSSR count). The molecule has 0 bridgehead atoms. The van der Waals surface area contributed by atoms with Crippen LogP contribution in [0.15, 0.2) is 42.5 Å². The van der Waals surface area contributed by atoms with Crippen LogP contribution < -0.4 is 15.6 Å². The zero-order valence-electron chi connectivity index (χ0n) is 17.4. The van der Waals surface area contributed by atoms with E-state index >= 15 is 0 Å². The Morgan fingerprint density at radius 1 is 0.966 bits per heavy atom. The molecule has 6 heteroatoms. The first-order valence-electron chi connectivity index (χ1n) is 10.3. The number of carbonyl (C=O) groups is 1. The van der Waals surface area contributed by atoms with E-state index in [1.165, 1.54) is 16.7 Å². The van der Waals surface area contributed by atoms with Gasteiger partial charge in [-0.05, 0) is 61.2 Å². The number of aryl methyl sites for hydroxylation is 2. The summed E-state index contributed by atoms with van der Waals surface area (Å²) in [5.41, 5.74) is 11.3. The molecule has 0 saturated carbocycles. The Morgan fingerprint density at radius 3 is 2.34 bits per heavy atom. The van der Waals surface area contributed by atoms with Gasteiger partial charge in [0.05, 0.1) is 13.3 Å². The van der Waals surface area contributed by atoms with Crippen molar-refractivity contribution < 1.29 is 9.53 Å². The zero-order chi connectivity index (χ0) is 20.4. The number of ether oxygens (including phenoxy) is 1. The molecule has 2 atom stereocenters. The van der Waals surface area contributed by atoms with Crippen molar-refractivity contribution in [3.8, 4) is 5.75 Å². The highest BCUT2D eigenvalue weighted by Gasteiger charge is 2.32. The third-order valence-corrected chi connectivity index (χ3v) is 6.20. The van der Waals surface area contributed by atoms with E-state index in [1.54, 1.807) is 7.11 Å². The minimum Gasteiger partial charge on any atom is -0.497 e. The van der Waals surface area contributed by atoms with Gasteiger partial charge in [-0.25, -0.2) is 10.9 Å². The van der Waals surface area contributed by atoms with Gasteiger partial charge in [0.25, 0.3) is 5.91 Å². The minimum atomic E-state index is 0.140. The van der Waals surface area contributed by atoms with Crippen LogP contribution in [0.4, 0.5) is 0 Å². The highest BCUT2D eigenvalue weighted by molar-refractivity contribution is 5.94. The van der Waals surface area contributed by atoms with Gasteiger partial charge < -0.3 is 9.64 Å². The van der Waals surface area contributed by atoms with Crippen LogP contribution in [0, 0.1) is 13.8 Å². The van der Waals surface area contributed by atoms with Crippen molar-refractivity contribution in [2.45, 2.75) is 32.5 Å². The van der Waals surface area contributed by atoms with Gasteiger partial charge in [0.2, 0.25) is 0 Å². The molecule has 2 unspecified atom stereocenters. The van der Waals surface area contributed by atoms with Crippen LogP contribution in [0.2, 0.25) is 0 Å². The summed E-state index contributed by atoms with van der Waals surface area (Å²) < 4.78 is 5.25. The average Bonchev–Trinajstić information content (AvgIpc) is 3.25. The highest BCUT2D eigenvalue weighted by Crippen LogP contribution is 2.26. The summed E-state index contributed by atoms with van der Waals surface area (Å²) >= 11 is 0. The lowest BCUT2D eigenvalue weighted by molar-refractivity contribution is 0.0545. The fourth-order valence-electron chi connectivity index (χ4n) is 4.13. The molecule has 2 aromatic carbocycles. The predicted octanol–water partition coefficient (Wildman–Crippen LogP) is 2.64. The molecule has 2 fully saturated rings. The summed E-state index contributed by atoms with van der Waals surface area (Å²) in [6, 6.07) is 14.5. The number of piperazine rings is 1. The van der Waals surface area contributed by atoms with Gasteiger partial charge in [0.1, 0.15) is 5.75 Å². The Morgan fingerprint density at radius 2 is 1.69 bits per heavy atom. The van der Waals surface area contributed by atoms with Crippen LogP contribution in [-0.4, -0.2) is 55.2 Å². The van der Waals surface area contributed by atoms with E-state index in [1.807, 2.05) is 35.2 Å². The van der Waals surface area contributed by atoms with E-state index in [9.17, 15) is 4.79 Å². The Balaban J connectivity index is 1.31. The Labute approximate surface area is 172 Å². The van der Waals surface area contributed by atoms with E-state index in [0.29, 0.717) is 0 Å². The average molecular weight is 395 g/mol. The molecule has 2 aromatic rings. The molecule has 154 valence electrons. The SMILES string of the molecule is COc1ccc(C2CC(N3CCN(C(=O)c4ccc(C)c(C)c4)CC3)NN2)cc1. The van der Waals surface area contributed by atoms with Gasteiger partial charge in [-0.15, -0.1) is 0 Å². The molecule has 2 aliphatic heterocycles. The van der Waals surface area contributed by atoms with Gasteiger partial charge in [-0.2, -0.15) is 0 Å². The Bertz CT molecular complexity index is 860. The quantitative estimate of drug-likeness (QED) is 0.835. The summed E-state index contributed by atoms with van der Waals surface area (Å²) in [6.45, 7) is 7.41. The summed E-state index contributed by atoms with van der Waals surface area (Å²) in [5.74, 6) is 1.02. The molecular weight excluding hydrogens is 364 g/mol. The van der Waals surface area contributed by atoms with E-state index in [-0.39, 0.29) is 18.1 Å². The van der Waals surface area contributed by atoms with Crippen LogP contribution >= 0.6 is 0 Å². The minimum absolute atomic E-state index is 0.140. The van der Waals surface area contributed by atoms with Crippen LogP contribution in [0.25, 0.3) is 0 Å². The van der Waals surface area contributed by atoms with Gasteiger partial charge >= 0.3 is 0 Å². The largest absolute Gasteiger partial charge is 0.497 e. The van der Waals surface area contributed by atoms with Crippen molar-refractivity contribution in [1.29, 1.82) is 0 Å². The first-order chi connectivity index (χ1) is 14.0. The zero-order valence-corrected chi connectivity index (χ0v) is 17.4. The Kier molecular flexibility index (Phi) is 5.85. The van der Waals surface area contributed by atoms with Gasteiger partial charge in [-0.3, -0.25) is 9.69 Å². The number of nitrogens with one attached hydrogen (secondary N) is 2. The number of rotatable bonds is 4. The maximum atomic E-state index is 12.8. The molecular formula is C23H30N4O2. The predicted molar refractivity (Wildman–Crippen MR) is 114 cm³/mol. The normalized spacial score (nSPS) is 22.7. The molecule has 6 nitrogen and oxygen atoms in total. The fraction of sp³-hybridized carbons (Fsp3) is 0.435. The lowest BCUT2D eigenvalue weighted by atomic mass is 10.0. The molecule has 2 saturated heterocycles. The van der Waals surface area contributed by atoms with Crippen LogP contribution in [0.5, 0.6) is 5.75 Å². The standard InChI is InChI=1S/C23H30N4O2/c1-16-4-5-19(14-17(16)2)23(28)27-12-10-26(11-13-27)22-15-21(24-25-22)18-6-8-20(29-3)9-7-18/h4-9,14,21-22,24-25H,10-13,15H2,1-3H3. The van der Waals surface area contributed by atoms with Gasteiger partial charge in [0.15, 0.2) is 0 Å². The van der Waals surface area contributed by atoms with Crippen molar-refractivity contribution in [2.75, 3.05) is 33.3 Å². The molecule has 0 aliphatic carbocycles. The van der Waals surface area contributed by atoms with Crippen LogP contribution in [0.3, 0.4) is 0 Å². The summed E-state index contributed by atoms with van der Waals surface area (Å²) in [7, 11) is 1.69. The molecule has 2 aliphatic rings. The van der Waals surface area contributed by atoms with E-state index in [0.717, 1.165) is 43.9 Å². The van der Waals surface area contributed by atoms with Gasteiger partial charge in [0, 0.05) is 37.8 Å². The molecule has 2 heterocycles. The fourth-order valence-corrected chi connectivity index (χ4v) is 4.13. The van der Waals surface area contributed by atoms with Crippen LogP contribution in [0.1, 0.15) is 39.5 Å². The van der Waals surface area contributed by atoms with Crippen molar-refractivity contribution in [1.82, 2.24) is 20.7 Å². The Hall–Kier alpha value is -2.41. The third kappa shape index (κ3) is 4.29. The lowest BCUT2D eigenvalue weighted by Gasteiger charge is -2.37. The third-order valence-electron chi connectivity index (χ3n) is 6.20. The number of amides is 1. The first-order valence-corrected chi connectivity index (χ1v) is 10.3. The van der Waals surface area contributed by atoms with Crippen LogP contribution in [-0.2, 0) is 0 Å². The van der Waals surface area contributed by atoms with E-state index < -0.39 is 0 Å².